The van der Waals surface area contributed by atoms with Crippen LogP contribution >= 0.6 is 0 Å². The van der Waals surface area contributed by atoms with E-state index in [2.05, 4.69) is 15.1 Å². The molecular formula is C25H27N3O4. The van der Waals surface area contributed by atoms with Crippen LogP contribution in [-0.2, 0) is 4.74 Å². The van der Waals surface area contributed by atoms with Crippen molar-refractivity contribution in [3.05, 3.63) is 82.7 Å². The number of benzene rings is 2. The zero-order chi connectivity index (χ0) is 23.1. The van der Waals surface area contributed by atoms with Crippen molar-refractivity contribution in [1.82, 2.24) is 9.99 Å². The van der Waals surface area contributed by atoms with Gasteiger partial charge in [0.2, 0.25) is 0 Å². The molecule has 0 spiro atoms. The molecular weight excluding hydrogens is 406 g/mol. The number of nitrogens with zero attached hydrogens (tertiary/aromatic N) is 2. The quantitative estimate of drug-likeness (QED) is 0.324. The third-order valence-electron chi connectivity index (χ3n) is 4.98. The highest BCUT2D eigenvalue weighted by Crippen LogP contribution is 2.20. The summed E-state index contributed by atoms with van der Waals surface area (Å²) >= 11 is 0. The molecule has 0 radical (unpaired) electrons. The zero-order valence-electron chi connectivity index (χ0n) is 18.7. The Hall–Kier alpha value is -3.87. The van der Waals surface area contributed by atoms with Gasteiger partial charge in [0.25, 0.3) is 5.91 Å². The van der Waals surface area contributed by atoms with Crippen LogP contribution in [0, 0.1) is 13.8 Å². The van der Waals surface area contributed by atoms with Crippen molar-refractivity contribution in [1.29, 1.82) is 0 Å². The normalized spacial score (nSPS) is 10.9. The first kappa shape index (κ1) is 22.8. The number of esters is 1. The number of hydrogen-bond donors (Lipinski definition) is 1. The molecule has 0 saturated heterocycles. The number of rotatable bonds is 8. The highest BCUT2D eigenvalue weighted by Gasteiger charge is 2.11. The van der Waals surface area contributed by atoms with Crippen LogP contribution in [0.5, 0.6) is 5.75 Å². The van der Waals surface area contributed by atoms with Gasteiger partial charge in [-0.2, -0.15) is 5.10 Å². The Bertz CT molecular complexity index is 1110. The van der Waals surface area contributed by atoms with Crippen LogP contribution in [0.1, 0.15) is 51.0 Å². The Morgan fingerprint density at radius 3 is 2.31 bits per heavy atom. The average Bonchev–Trinajstić information content (AvgIpc) is 3.10. The zero-order valence-corrected chi connectivity index (χ0v) is 18.7. The number of aryl methyl sites for hydroxylation is 1. The van der Waals surface area contributed by atoms with Gasteiger partial charge in [-0.3, -0.25) is 4.79 Å². The largest absolute Gasteiger partial charge is 0.494 e. The summed E-state index contributed by atoms with van der Waals surface area (Å²) in [5.74, 6) is 0.0682. The van der Waals surface area contributed by atoms with Crippen LogP contribution in [0.25, 0.3) is 5.69 Å². The van der Waals surface area contributed by atoms with Gasteiger partial charge < -0.3 is 14.0 Å². The maximum Gasteiger partial charge on any atom is 0.337 e. The number of carbonyl (C=O) groups excluding carboxylic acids is 2. The molecule has 3 aromatic rings. The average molecular weight is 434 g/mol. The fourth-order valence-electron chi connectivity index (χ4n) is 3.33. The Morgan fingerprint density at radius 2 is 1.69 bits per heavy atom. The minimum absolute atomic E-state index is 0.296. The SMILES string of the molecule is CCCOc1ccc(C(=O)N/N=C\c2cc(C)n(-c3ccc(C(=O)OC)cc3)c2C)cc1. The molecule has 0 aliphatic rings. The van der Waals surface area contributed by atoms with E-state index in [9.17, 15) is 9.59 Å². The van der Waals surface area contributed by atoms with E-state index in [4.69, 9.17) is 9.47 Å². The number of hydrazone groups is 1. The van der Waals surface area contributed by atoms with E-state index in [-0.39, 0.29) is 11.9 Å². The van der Waals surface area contributed by atoms with E-state index in [1.807, 2.05) is 39.0 Å². The summed E-state index contributed by atoms with van der Waals surface area (Å²) in [6.45, 7) is 6.64. The summed E-state index contributed by atoms with van der Waals surface area (Å²) in [5.41, 5.74) is 7.32. The molecule has 2 aromatic carbocycles. The fraction of sp³-hybridized carbons (Fsp3) is 0.240. The molecule has 0 fully saturated rings. The van der Waals surface area contributed by atoms with E-state index < -0.39 is 0 Å². The van der Waals surface area contributed by atoms with Gasteiger partial charge >= 0.3 is 5.97 Å². The van der Waals surface area contributed by atoms with Crippen molar-refractivity contribution in [2.75, 3.05) is 13.7 Å². The van der Waals surface area contributed by atoms with Crippen molar-refractivity contribution >= 4 is 18.1 Å². The second-order valence-corrected chi connectivity index (χ2v) is 7.27. The summed E-state index contributed by atoms with van der Waals surface area (Å²) in [5, 5.41) is 4.12. The minimum atomic E-state index is -0.371. The smallest absolute Gasteiger partial charge is 0.337 e. The Kier molecular flexibility index (Phi) is 7.44. The summed E-state index contributed by atoms with van der Waals surface area (Å²) in [4.78, 5) is 24.0. The summed E-state index contributed by atoms with van der Waals surface area (Å²) in [6, 6.07) is 16.1. The molecule has 1 aromatic heterocycles. The lowest BCUT2D eigenvalue weighted by molar-refractivity contribution is 0.0600. The van der Waals surface area contributed by atoms with Gasteiger partial charge in [-0.15, -0.1) is 0 Å². The minimum Gasteiger partial charge on any atom is -0.494 e. The van der Waals surface area contributed by atoms with Crippen LogP contribution < -0.4 is 10.2 Å². The number of aromatic nitrogens is 1. The van der Waals surface area contributed by atoms with Gasteiger partial charge in [-0.05, 0) is 74.9 Å². The van der Waals surface area contributed by atoms with Gasteiger partial charge in [0.05, 0.1) is 25.5 Å². The maximum absolute atomic E-state index is 12.3. The number of hydrogen-bond acceptors (Lipinski definition) is 5. The van der Waals surface area contributed by atoms with Crippen molar-refractivity contribution < 1.29 is 19.1 Å². The third kappa shape index (κ3) is 5.24. The molecule has 7 nitrogen and oxygen atoms in total. The number of ether oxygens (including phenoxy) is 2. The molecule has 0 saturated carbocycles. The van der Waals surface area contributed by atoms with Gasteiger partial charge in [-0.25, -0.2) is 10.2 Å². The molecule has 166 valence electrons. The second kappa shape index (κ2) is 10.4. The van der Waals surface area contributed by atoms with Crippen LogP contribution in [-0.4, -0.2) is 36.4 Å². The van der Waals surface area contributed by atoms with E-state index in [0.717, 1.165) is 34.8 Å². The molecule has 0 unspecified atom stereocenters. The van der Waals surface area contributed by atoms with Gasteiger partial charge in [0, 0.05) is 28.2 Å². The first-order chi connectivity index (χ1) is 15.4. The number of carbonyl (C=O) groups is 2. The highest BCUT2D eigenvalue weighted by molar-refractivity contribution is 5.95. The maximum atomic E-state index is 12.3. The van der Waals surface area contributed by atoms with Gasteiger partial charge in [0.1, 0.15) is 5.75 Å². The van der Waals surface area contributed by atoms with Gasteiger partial charge in [0.15, 0.2) is 0 Å². The van der Waals surface area contributed by atoms with Crippen LogP contribution in [0.3, 0.4) is 0 Å². The van der Waals surface area contributed by atoms with Crippen molar-refractivity contribution in [2.45, 2.75) is 27.2 Å². The van der Waals surface area contributed by atoms with Crippen LogP contribution in [0.15, 0.2) is 59.7 Å². The molecule has 0 aliphatic heterocycles. The monoisotopic (exact) mass is 433 g/mol. The second-order valence-electron chi connectivity index (χ2n) is 7.27. The van der Waals surface area contributed by atoms with E-state index in [0.29, 0.717) is 17.7 Å². The van der Waals surface area contributed by atoms with Crippen molar-refractivity contribution in [3.63, 3.8) is 0 Å². The Labute approximate surface area is 187 Å². The van der Waals surface area contributed by atoms with Crippen molar-refractivity contribution in [3.8, 4) is 11.4 Å². The lowest BCUT2D eigenvalue weighted by Gasteiger charge is -2.10. The number of methoxy groups -OCH3 is 1. The predicted molar refractivity (Wildman–Crippen MR) is 124 cm³/mol. The van der Waals surface area contributed by atoms with Crippen LogP contribution in [0.2, 0.25) is 0 Å². The molecule has 1 heterocycles. The first-order valence-corrected chi connectivity index (χ1v) is 10.4. The summed E-state index contributed by atoms with van der Waals surface area (Å²) in [6.07, 6.45) is 2.55. The molecule has 1 N–H and O–H groups in total. The Balaban J connectivity index is 1.69. The first-order valence-electron chi connectivity index (χ1n) is 10.4. The standard InChI is InChI=1S/C25H27N3O4/c1-5-14-32-23-12-8-19(9-13-23)24(29)27-26-16-21-15-17(2)28(18(21)3)22-10-6-20(7-11-22)25(30)31-4/h6-13,15-16H,5,14H2,1-4H3,(H,27,29)/b26-16-. The molecule has 0 aliphatic carbocycles. The van der Waals surface area contributed by atoms with E-state index in [1.54, 1.807) is 42.6 Å². The van der Waals surface area contributed by atoms with Crippen LogP contribution in [0.4, 0.5) is 0 Å². The topological polar surface area (TPSA) is 81.9 Å². The number of nitrogens with one attached hydrogen (secondary N) is 1. The van der Waals surface area contributed by atoms with Crippen molar-refractivity contribution in [2.24, 2.45) is 5.10 Å². The summed E-state index contributed by atoms with van der Waals surface area (Å²) < 4.78 is 12.3. The highest BCUT2D eigenvalue weighted by atomic mass is 16.5. The fourth-order valence-corrected chi connectivity index (χ4v) is 3.33. The molecule has 3 rings (SSSR count). The van der Waals surface area contributed by atoms with E-state index >= 15 is 0 Å². The lowest BCUT2D eigenvalue weighted by Crippen LogP contribution is -2.17. The Morgan fingerprint density at radius 1 is 1.03 bits per heavy atom. The molecule has 0 bridgehead atoms. The molecule has 7 heteroatoms. The lowest BCUT2D eigenvalue weighted by atomic mass is 10.2. The van der Waals surface area contributed by atoms with E-state index in [1.165, 1.54) is 7.11 Å². The molecule has 0 atom stereocenters. The third-order valence-corrected chi connectivity index (χ3v) is 4.98. The number of amides is 1. The van der Waals surface area contributed by atoms with Gasteiger partial charge in [-0.1, -0.05) is 6.92 Å². The molecule has 1 amide bonds. The molecule has 32 heavy (non-hydrogen) atoms. The summed E-state index contributed by atoms with van der Waals surface area (Å²) in [7, 11) is 1.36. The predicted octanol–water partition coefficient (Wildman–Crippen LogP) is 4.43.